The monoisotopic (exact) mass is 175 g/mol. The van der Waals surface area contributed by atoms with Gasteiger partial charge in [0.05, 0.1) is 6.61 Å². The van der Waals surface area contributed by atoms with E-state index in [1.807, 2.05) is 0 Å². The van der Waals surface area contributed by atoms with Crippen LogP contribution < -0.4 is 5.32 Å². The fourth-order valence-electron chi connectivity index (χ4n) is 1.83. The van der Waals surface area contributed by atoms with Crippen molar-refractivity contribution in [2.45, 2.75) is 32.6 Å². The van der Waals surface area contributed by atoms with Crippen molar-refractivity contribution in [1.82, 2.24) is 5.32 Å². The molecule has 1 N–H and O–H groups in total. The Morgan fingerprint density at radius 1 is 1.42 bits per heavy atom. The highest BCUT2D eigenvalue weighted by molar-refractivity contribution is 4.80. The predicted molar refractivity (Wildman–Crippen MR) is 46.5 cm³/mol. The van der Waals surface area contributed by atoms with Crippen molar-refractivity contribution in [1.29, 1.82) is 0 Å². The first-order valence-electron chi connectivity index (χ1n) is 4.71. The Morgan fingerprint density at radius 3 is 2.67 bits per heavy atom. The highest BCUT2D eigenvalue weighted by Gasteiger charge is 2.25. The lowest BCUT2D eigenvalue weighted by molar-refractivity contribution is -0.134. The summed E-state index contributed by atoms with van der Waals surface area (Å²) in [5.74, 6) is 0. The van der Waals surface area contributed by atoms with E-state index in [1.165, 1.54) is 12.8 Å². The summed E-state index contributed by atoms with van der Waals surface area (Å²) in [4.78, 5) is 3.56. The molecule has 0 spiro atoms. The third-order valence-electron chi connectivity index (χ3n) is 2.81. The van der Waals surface area contributed by atoms with E-state index in [0.717, 1.165) is 25.9 Å². The molecule has 3 heteroatoms. The molecule has 0 radical (unpaired) electrons. The molecule has 1 heterocycles. The first kappa shape index (κ1) is 9.93. The first-order valence-corrected chi connectivity index (χ1v) is 4.71. The van der Waals surface area contributed by atoms with Gasteiger partial charge in [0.1, 0.15) is 0 Å². The summed E-state index contributed by atoms with van der Waals surface area (Å²) in [6.07, 6.45) is 4.34. The van der Waals surface area contributed by atoms with Crippen LogP contribution in [0.1, 0.15) is 32.6 Å². The number of nitrogens with one attached hydrogen (secondary N) is 1. The highest BCUT2D eigenvalue weighted by atomic mass is 19.3. The van der Waals surface area contributed by atoms with Crippen LogP contribution in [0, 0.1) is 5.41 Å². The highest BCUT2D eigenvalue weighted by Crippen LogP contribution is 2.32. The first-order chi connectivity index (χ1) is 5.77. The van der Waals surface area contributed by atoms with Crippen LogP contribution in [0.4, 0.5) is 4.53 Å². The van der Waals surface area contributed by atoms with Crippen LogP contribution in [0.3, 0.4) is 0 Å². The molecule has 1 saturated heterocycles. The zero-order valence-corrected chi connectivity index (χ0v) is 7.74. The Kier molecular flexibility index (Phi) is 3.95. The van der Waals surface area contributed by atoms with E-state index in [4.69, 9.17) is 0 Å². The van der Waals surface area contributed by atoms with Crippen molar-refractivity contribution >= 4 is 0 Å². The molecule has 1 aliphatic rings. The van der Waals surface area contributed by atoms with Gasteiger partial charge >= 0.3 is 0 Å². The van der Waals surface area contributed by atoms with Gasteiger partial charge in [-0.2, -0.15) is 4.94 Å². The fraction of sp³-hybridized carbons (Fsp3) is 1.00. The van der Waals surface area contributed by atoms with Crippen LogP contribution >= 0.6 is 0 Å². The normalized spacial score (nSPS) is 22.5. The topological polar surface area (TPSA) is 21.3 Å². The molecule has 0 bridgehead atoms. The molecule has 1 rings (SSSR count). The second kappa shape index (κ2) is 4.77. The van der Waals surface area contributed by atoms with Gasteiger partial charge in [-0.3, -0.25) is 0 Å². The van der Waals surface area contributed by atoms with E-state index in [-0.39, 0.29) is 6.61 Å². The van der Waals surface area contributed by atoms with Crippen LogP contribution in [0.15, 0.2) is 0 Å². The predicted octanol–water partition coefficient (Wildman–Crippen LogP) is 2.06. The molecule has 2 nitrogen and oxygen atoms in total. The molecule has 0 saturated carbocycles. The fourth-order valence-corrected chi connectivity index (χ4v) is 1.83. The van der Waals surface area contributed by atoms with Gasteiger partial charge in [-0.15, -0.1) is 0 Å². The smallest absolute Gasteiger partial charge is 0.0876 e. The number of rotatable bonds is 4. The molecule has 12 heavy (non-hydrogen) atoms. The van der Waals surface area contributed by atoms with Crippen LogP contribution in [0.5, 0.6) is 0 Å². The van der Waals surface area contributed by atoms with Crippen molar-refractivity contribution in [3.63, 3.8) is 0 Å². The van der Waals surface area contributed by atoms with E-state index < -0.39 is 0 Å². The number of hydrogen-bond donors (Lipinski definition) is 1. The second-order valence-corrected chi connectivity index (χ2v) is 3.98. The molecule has 72 valence electrons. The molecular weight excluding hydrogens is 157 g/mol. The molecule has 1 aliphatic heterocycles. The molecule has 0 aromatic rings. The molecular formula is C9H18FNO. The average molecular weight is 175 g/mol. The van der Waals surface area contributed by atoms with Gasteiger partial charge in [0.25, 0.3) is 0 Å². The Bertz CT molecular complexity index is 124. The van der Waals surface area contributed by atoms with Gasteiger partial charge in [-0.25, -0.2) is 0 Å². The number of halogens is 1. The van der Waals surface area contributed by atoms with E-state index in [9.17, 15) is 4.53 Å². The second-order valence-electron chi connectivity index (χ2n) is 3.98. The van der Waals surface area contributed by atoms with E-state index in [2.05, 4.69) is 17.2 Å². The summed E-state index contributed by atoms with van der Waals surface area (Å²) in [7, 11) is 0. The Balaban J connectivity index is 2.17. The maximum Gasteiger partial charge on any atom is 0.0876 e. The summed E-state index contributed by atoms with van der Waals surface area (Å²) < 4.78 is 11.4. The van der Waals surface area contributed by atoms with Crippen molar-refractivity contribution in [2.24, 2.45) is 5.41 Å². The average Bonchev–Trinajstić information content (AvgIpc) is 2.06. The van der Waals surface area contributed by atoms with Gasteiger partial charge in [0, 0.05) is 0 Å². The Hall–Kier alpha value is -0.150. The summed E-state index contributed by atoms with van der Waals surface area (Å²) in [6.45, 7) is 4.75. The van der Waals surface area contributed by atoms with E-state index in [0.29, 0.717) is 5.41 Å². The van der Waals surface area contributed by atoms with Crippen molar-refractivity contribution in [2.75, 3.05) is 19.7 Å². The molecule has 0 unspecified atom stereocenters. The molecule has 0 amide bonds. The van der Waals surface area contributed by atoms with Crippen LogP contribution in [0.2, 0.25) is 0 Å². The van der Waals surface area contributed by atoms with Gasteiger partial charge in [0.15, 0.2) is 0 Å². The minimum absolute atomic E-state index is 0.253. The van der Waals surface area contributed by atoms with Gasteiger partial charge in [0.2, 0.25) is 0 Å². The molecule has 0 atom stereocenters. The Labute approximate surface area is 73.4 Å². The minimum Gasteiger partial charge on any atom is -0.317 e. The van der Waals surface area contributed by atoms with Gasteiger partial charge in [-0.05, 0) is 48.7 Å². The van der Waals surface area contributed by atoms with E-state index in [1.54, 1.807) is 0 Å². The third-order valence-corrected chi connectivity index (χ3v) is 2.81. The summed E-state index contributed by atoms with van der Waals surface area (Å²) >= 11 is 0. The SMILES string of the molecule is CC1(CCCOF)CCNCC1. The molecule has 0 aromatic heterocycles. The van der Waals surface area contributed by atoms with Gasteiger partial charge in [-0.1, -0.05) is 6.92 Å². The Morgan fingerprint density at radius 2 is 2.08 bits per heavy atom. The van der Waals surface area contributed by atoms with Crippen LogP contribution in [0.25, 0.3) is 0 Å². The zero-order valence-electron chi connectivity index (χ0n) is 7.74. The lowest BCUT2D eigenvalue weighted by Gasteiger charge is -2.33. The lowest BCUT2D eigenvalue weighted by Crippen LogP contribution is -2.34. The maximum absolute atomic E-state index is 11.4. The molecule has 1 fully saturated rings. The largest absolute Gasteiger partial charge is 0.317 e. The quantitative estimate of drug-likeness (QED) is 0.660. The number of hydrogen-bond acceptors (Lipinski definition) is 2. The summed E-state index contributed by atoms with van der Waals surface area (Å²) in [5, 5.41) is 3.33. The van der Waals surface area contributed by atoms with Crippen LogP contribution in [-0.2, 0) is 4.94 Å². The van der Waals surface area contributed by atoms with Crippen molar-refractivity contribution in [3.05, 3.63) is 0 Å². The summed E-state index contributed by atoms with van der Waals surface area (Å²) in [5.41, 5.74) is 0.420. The zero-order chi connectivity index (χ0) is 8.86. The maximum atomic E-state index is 11.4. The van der Waals surface area contributed by atoms with Crippen LogP contribution in [-0.4, -0.2) is 19.7 Å². The molecule has 0 aromatic carbocycles. The van der Waals surface area contributed by atoms with E-state index >= 15 is 0 Å². The summed E-state index contributed by atoms with van der Waals surface area (Å²) in [6, 6.07) is 0. The van der Waals surface area contributed by atoms with Crippen molar-refractivity contribution in [3.8, 4) is 0 Å². The number of piperidine rings is 1. The van der Waals surface area contributed by atoms with Gasteiger partial charge < -0.3 is 5.32 Å². The standard InChI is InChI=1S/C9H18FNO/c1-9(3-2-8-12-10)4-6-11-7-5-9/h11H,2-8H2,1H3. The lowest BCUT2D eigenvalue weighted by atomic mass is 9.77. The molecule has 0 aliphatic carbocycles. The minimum atomic E-state index is 0.253. The van der Waals surface area contributed by atoms with Crippen molar-refractivity contribution < 1.29 is 9.47 Å². The third kappa shape index (κ3) is 3.07.